The van der Waals surface area contributed by atoms with Crippen molar-refractivity contribution in [2.45, 2.75) is 142 Å². The second kappa shape index (κ2) is 8.45. The smallest absolute Gasteiger partial charge is 0.162 e. The van der Waals surface area contributed by atoms with E-state index in [1.807, 2.05) is 0 Å². The highest BCUT2D eigenvalue weighted by Gasteiger charge is 2.61. The summed E-state index contributed by atoms with van der Waals surface area (Å²) in [4.78, 5) is 0. The van der Waals surface area contributed by atoms with E-state index in [1.165, 1.54) is 44.9 Å². The highest BCUT2D eigenvalue weighted by Crippen LogP contribution is 2.68. The molecular formula is C31H54O3. The summed E-state index contributed by atoms with van der Waals surface area (Å²) >= 11 is 0. The molecule has 0 saturated heterocycles. The molecule has 5 fully saturated rings. The Bertz CT molecular complexity index is 748. The lowest BCUT2D eigenvalue weighted by Gasteiger charge is -2.61. The van der Waals surface area contributed by atoms with E-state index in [4.69, 9.17) is 0 Å². The van der Waals surface area contributed by atoms with Gasteiger partial charge < -0.3 is 15.3 Å². The first-order valence-corrected chi connectivity index (χ1v) is 14.9. The molecule has 5 aliphatic rings. The van der Waals surface area contributed by atoms with Crippen molar-refractivity contribution < 1.29 is 15.3 Å². The number of hydrogen-bond acceptors (Lipinski definition) is 3. The van der Waals surface area contributed by atoms with Gasteiger partial charge in [0.15, 0.2) is 5.79 Å². The van der Waals surface area contributed by atoms with Crippen LogP contribution >= 0.6 is 0 Å². The fourth-order valence-electron chi connectivity index (χ4n) is 10.5. The molecule has 0 radical (unpaired) electrons. The molecule has 5 aliphatic carbocycles. The lowest BCUT2D eigenvalue weighted by Crippen LogP contribution is -2.56. The molecule has 0 aromatic carbocycles. The molecule has 5 rings (SSSR count). The third-order valence-electron chi connectivity index (χ3n) is 13.1. The van der Waals surface area contributed by atoms with Gasteiger partial charge >= 0.3 is 0 Å². The Morgan fingerprint density at radius 3 is 2.09 bits per heavy atom. The number of rotatable bonds is 4. The van der Waals surface area contributed by atoms with Crippen molar-refractivity contribution in [3.63, 3.8) is 0 Å². The highest BCUT2D eigenvalue weighted by atomic mass is 16.5. The first-order chi connectivity index (χ1) is 15.8. The normalized spacial score (nSPS) is 47.8. The Hall–Kier alpha value is -0.120. The van der Waals surface area contributed by atoms with Crippen LogP contribution in [0.25, 0.3) is 0 Å². The van der Waals surface area contributed by atoms with Crippen LogP contribution in [-0.2, 0) is 0 Å². The maximum atomic E-state index is 11.3. The highest BCUT2D eigenvalue weighted by molar-refractivity contribution is 5.10. The largest absolute Gasteiger partial charge is 0.390 e. The topological polar surface area (TPSA) is 60.7 Å². The van der Waals surface area contributed by atoms with Gasteiger partial charge in [0, 0.05) is 12.8 Å². The molecule has 196 valence electrons. The standard InChI is InChI=1S/C31H54O3/c1-21(10-13-30(32)17-14-27(2,3)15-18-30)24-8-9-25-23-7-6-22-20-31(33,34)19-16-28(22,4)26(23)11-12-29(24,25)5/h21-26,32-34H,6-20H2,1-5H3/t21-,22+,23+,24-,25+,26+,28+,29-/m1/s1. The van der Waals surface area contributed by atoms with Crippen molar-refractivity contribution in [2.24, 2.45) is 51.8 Å². The van der Waals surface area contributed by atoms with Crippen LogP contribution in [0.5, 0.6) is 0 Å². The number of fused-ring (bicyclic) bond motifs is 5. The maximum Gasteiger partial charge on any atom is 0.162 e. The van der Waals surface area contributed by atoms with E-state index in [-0.39, 0.29) is 0 Å². The predicted molar refractivity (Wildman–Crippen MR) is 138 cm³/mol. The number of aliphatic hydroxyl groups is 3. The van der Waals surface area contributed by atoms with Crippen molar-refractivity contribution in [3.05, 3.63) is 0 Å². The lowest BCUT2D eigenvalue weighted by molar-refractivity contribution is -0.233. The summed E-state index contributed by atoms with van der Waals surface area (Å²) in [5.74, 6) is 3.04. The Kier molecular flexibility index (Phi) is 6.35. The van der Waals surface area contributed by atoms with E-state index in [0.717, 1.165) is 62.2 Å². The van der Waals surface area contributed by atoms with Gasteiger partial charge in [0.05, 0.1) is 5.60 Å². The Balaban J connectivity index is 1.24. The summed E-state index contributed by atoms with van der Waals surface area (Å²) in [6, 6.07) is 0. The van der Waals surface area contributed by atoms with Gasteiger partial charge in [-0.2, -0.15) is 0 Å². The SMILES string of the molecule is C[C@H](CCC1(O)CCC(C)(C)CC1)[C@H]1CC[C@H]2[C@@H]3CC[C@H]4CC(O)(O)CC[C@]4(C)[C@H]3CC[C@]12C. The second-order valence-corrected chi connectivity index (χ2v) is 15.5. The average Bonchev–Trinajstić information content (AvgIpc) is 3.12. The van der Waals surface area contributed by atoms with Crippen LogP contribution in [0.2, 0.25) is 0 Å². The molecule has 0 aromatic rings. The zero-order chi connectivity index (χ0) is 24.6. The fourth-order valence-corrected chi connectivity index (χ4v) is 10.5. The molecule has 34 heavy (non-hydrogen) atoms. The molecule has 5 saturated carbocycles. The van der Waals surface area contributed by atoms with Gasteiger partial charge in [0.25, 0.3) is 0 Å². The van der Waals surface area contributed by atoms with Crippen molar-refractivity contribution in [2.75, 3.05) is 0 Å². The molecule has 0 aromatic heterocycles. The van der Waals surface area contributed by atoms with Crippen LogP contribution in [0.3, 0.4) is 0 Å². The molecule has 0 spiro atoms. The lowest BCUT2D eigenvalue weighted by atomic mass is 9.44. The summed E-state index contributed by atoms with van der Waals surface area (Å²) in [6.07, 6.45) is 16.6. The molecule has 0 unspecified atom stereocenters. The average molecular weight is 475 g/mol. The first-order valence-electron chi connectivity index (χ1n) is 14.9. The molecule has 0 bridgehead atoms. The van der Waals surface area contributed by atoms with Crippen LogP contribution < -0.4 is 0 Å². The van der Waals surface area contributed by atoms with E-state index in [0.29, 0.717) is 40.9 Å². The van der Waals surface area contributed by atoms with Crippen molar-refractivity contribution >= 4 is 0 Å². The van der Waals surface area contributed by atoms with Gasteiger partial charge in [-0.15, -0.1) is 0 Å². The third kappa shape index (κ3) is 4.32. The molecular weight excluding hydrogens is 420 g/mol. The van der Waals surface area contributed by atoms with Crippen LogP contribution in [0.1, 0.15) is 131 Å². The van der Waals surface area contributed by atoms with E-state index in [2.05, 4.69) is 34.6 Å². The van der Waals surface area contributed by atoms with Crippen molar-refractivity contribution in [1.29, 1.82) is 0 Å². The number of hydrogen-bond donors (Lipinski definition) is 3. The molecule has 8 atom stereocenters. The van der Waals surface area contributed by atoms with E-state index < -0.39 is 11.4 Å². The summed E-state index contributed by atoms with van der Waals surface area (Å²) in [7, 11) is 0. The Labute approximate surface area is 209 Å². The minimum Gasteiger partial charge on any atom is -0.390 e. The van der Waals surface area contributed by atoms with Crippen LogP contribution in [-0.4, -0.2) is 26.7 Å². The van der Waals surface area contributed by atoms with E-state index in [9.17, 15) is 15.3 Å². The summed E-state index contributed by atoms with van der Waals surface area (Å²) < 4.78 is 0. The first kappa shape index (κ1) is 25.5. The summed E-state index contributed by atoms with van der Waals surface area (Å²) in [5, 5.41) is 32.0. The van der Waals surface area contributed by atoms with Gasteiger partial charge in [-0.1, -0.05) is 34.6 Å². The molecule has 3 nitrogen and oxygen atoms in total. The maximum absolute atomic E-state index is 11.3. The molecule has 0 aliphatic heterocycles. The zero-order valence-electron chi connectivity index (χ0n) is 22.9. The van der Waals surface area contributed by atoms with E-state index in [1.54, 1.807) is 0 Å². The minimum atomic E-state index is -1.42. The Morgan fingerprint density at radius 2 is 1.38 bits per heavy atom. The molecule has 0 heterocycles. The van der Waals surface area contributed by atoms with Gasteiger partial charge in [0.2, 0.25) is 0 Å². The van der Waals surface area contributed by atoms with E-state index >= 15 is 0 Å². The Morgan fingerprint density at radius 1 is 0.706 bits per heavy atom. The predicted octanol–water partition coefficient (Wildman–Crippen LogP) is 7.07. The fraction of sp³-hybridized carbons (Fsp3) is 1.00. The van der Waals surface area contributed by atoms with Gasteiger partial charge in [-0.05, 0) is 135 Å². The second-order valence-electron chi connectivity index (χ2n) is 15.5. The van der Waals surface area contributed by atoms with Gasteiger partial charge in [0.1, 0.15) is 0 Å². The molecule has 3 heteroatoms. The van der Waals surface area contributed by atoms with Gasteiger partial charge in [-0.3, -0.25) is 0 Å². The summed E-state index contributed by atoms with van der Waals surface area (Å²) in [6.45, 7) is 12.4. The molecule has 3 N–H and O–H groups in total. The van der Waals surface area contributed by atoms with Crippen LogP contribution in [0.4, 0.5) is 0 Å². The minimum absolute atomic E-state index is 0.306. The van der Waals surface area contributed by atoms with Crippen LogP contribution in [0, 0.1) is 51.8 Å². The summed E-state index contributed by atoms with van der Waals surface area (Å²) in [5.41, 5.74) is 0.768. The van der Waals surface area contributed by atoms with Crippen molar-refractivity contribution in [1.82, 2.24) is 0 Å². The van der Waals surface area contributed by atoms with Gasteiger partial charge in [-0.25, -0.2) is 0 Å². The molecule has 0 amide bonds. The van der Waals surface area contributed by atoms with Crippen molar-refractivity contribution in [3.8, 4) is 0 Å². The third-order valence-corrected chi connectivity index (χ3v) is 13.1. The van der Waals surface area contributed by atoms with Crippen LogP contribution in [0.15, 0.2) is 0 Å². The zero-order valence-corrected chi connectivity index (χ0v) is 22.9. The quantitative estimate of drug-likeness (QED) is 0.382. The monoisotopic (exact) mass is 474 g/mol.